The van der Waals surface area contributed by atoms with Crippen molar-refractivity contribution in [2.45, 2.75) is 0 Å². The number of hydrogen-bond acceptors (Lipinski definition) is 3. The standard InChI is InChI=1S/C12H9NOS/c1-14-10-4-2-9(3-5-10)11-6-7-15-12(11)8-13/h2-7H,1H3. The average Bonchev–Trinajstić information content (AvgIpc) is 2.77. The van der Waals surface area contributed by atoms with Gasteiger partial charge in [-0.2, -0.15) is 5.26 Å². The van der Waals surface area contributed by atoms with Gasteiger partial charge < -0.3 is 4.74 Å². The van der Waals surface area contributed by atoms with E-state index in [1.165, 1.54) is 11.3 Å². The van der Waals surface area contributed by atoms with Crippen LogP contribution in [0, 0.1) is 11.3 Å². The van der Waals surface area contributed by atoms with Crippen LogP contribution in [-0.4, -0.2) is 7.11 Å². The van der Waals surface area contributed by atoms with E-state index < -0.39 is 0 Å². The summed E-state index contributed by atoms with van der Waals surface area (Å²) in [5, 5.41) is 10.8. The lowest BCUT2D eigenvalue weighted by atomic mass is 10.1. The fraction of sp³-hybridized carbons (Fsp3) is 0.0833. The summed E-state index contributed by atoms with van der Waals surface area (Å²) in [4.78, 5) is 0.750. The molecule has 0 radical (unpaired) electrons. The lowest BCUT2D eigenvalue weighted by Gasteiger charge is -2.01. The van der Waals surface area contributed by atoms with Gasteiger partial charge >= 0.3 is 0 Å². The van der Waals surface area contributed by atoms with E-state index in [1.54, 1.807) is 7.11 Å². The van der Waals surface area contributed by atoms with Crippen molar-refractivity contribution in [3.8, 4) is 22.9 Å². The first kappa shape index (κ1) is 9.75. The van der Waals surface area contributed by atoms with Crippen molar-refractivity contribution in [2.24, 2.45) is 0 Å². The van der Waals surface area contributed by atoms with E-state index in [1.807, 2.05) is 35.7 Å². The van der Waals surface area contributed by atoms with Crippen LogP contribution in [0.5, 0.6) is 5.75 Å². The zero-order valence-electron chi connectivity index (χ0n) is 8.23. The zero-order chi connectivity index (χ0) is 10.7. The molecule has 0 aliphatic carbocycles. The van der Waals surface area contributed by atoms with E-state index >= 15 is 0 Å². The highest BCUT2D eigenvalue weighted by atomic mass is 32.1. The third kappa shape index (κ3) is 1.85. The minimum atomic E-state index is 0.750. The Morgan fingerprint density at radius 2 is 1.93 bits per heavy atom. The van der Waals surface area contributed by atoms with Gasteiger partial charge in [0.1, 0.15) is 16.7 Å². The zero-order valence-corrected chi connectivity index (χ0v) is 9.04. The summed E-state index contributed by atoms with van der Waals surface area (Å²) in [6.45, 7) is 0. The molecule has 3 heteroatoms. The van der Waals surface area contributed by atoms with E-state index in [2.05, 4.69) is 6.07 Å². The van der Waals surface area contributed by atoms with E-state index in [0.29, 0.717) is 0 Å². The van der Waals surface area contributed by atoms with Crippen molar-refractivity contribution in [2.75, 3.05) is 7.11 Å². The molecule has 15 heavy (non-hydrogen) atoms. The van der Waals surface area contributed by atoms with Crippen molar-refractivity contribution in [3.05, 3.63) is 40.6 Å². The summed E-state index contributed by atoms with van der Waals surface area (Å²) < 4.78 is 5.08. The maximum absolute atomic E-state index is 8.91. The maximum atomic E-state index is 8.91. The molecule has 2 rings (SSSR count). The van der Waals surface area contributed by atoms with E-state index in [-0.39, 0.29) is 0 Å². The van der Waals surface area contributed by atoms with E-state index in [0.717, 1.165) is 21.8 Å². The Hall–Kier alpha value is -1.79. The number of nitriles is 1. The molecule has 0 saturated carbocycles. The number of ether oxygens (including phenoxy) is 1. The van der Waals surface area contributed by atoms with Crippen LogP contribution in [0.3, 0.4) is 0 Å². The first-order valence-corrected chi connectivity index (χ1v) is 5.35. The molecule has 74 valence electrons. The molecule has 0 bridgehead atoms. The van der Waals surface area contributed by atoms with Crippen LogP contribution in [0.1, 0.15) is 4.88 Å². The van der Waals surface area contributed by atoms with Gasteiger partial charge in [0.05, 0.1) is 7.11 Å². The Balaban J connectivity index is 2.42. The van der Waals surface area contributed by atoms with Crippen LogP contribution in [0.2, 0.25) is 0 Å². The summed E-state index contributed by atoms with van der Waals surface area (Å²) in [5.41, 5.74) is 2.04. The summed E-state index contributed by atoms with van der Waals surface area (Å²) in [6, 6.07) is 11.9. The number of nitrogens with zero attached hydrogens (tertiary/aromatic N) is 1. The molecule has 2 aromatic rings. The van der Waals surface area contributed by atoms with Crippen LogP contribution < -0.4 is 4.74 Å². The lowest BCUT2D eigenvalue weighted by molar-refractivity contribution is 0.415. The van der Waals surface area contributed by atoms with Crippen LogP contribution in [-0.2, 0) is 0 Å². The van der Waals surface area contributed by atoms with Crippen molar-refractivity contribution in [1.29, 1.82) is 5.26 Å². The van der Waals surface area contributed by atoms with Gasteiger partial charge in [-0.05, 0) is 29.1 Å². The first-order chi connectivity index (χ1) is 7.35. The molecule has 1 aromatic heterocycles. The summed E-state index contributed by atoms with van der Waals surface area (Å²) in [7, 11) is 1.64. The smallest absolute Gasteiger partial charge is 0.118 e. The van der Waals surface area contributed by atoms with Crippen LogP contribution in [0.25, 0.3) is 11.1 Å². The van der Waals surface area contributed by atoms with E-state index in [9.17, 15) is 0 Å². The van der Waals surface area contributed by atoms with Gasteiger partial charge in [-0.15, -0.1) is 11.3 Å². The maximum Gasteiger partial charge on any atom is 0.118 e. The highest BCUT2D eigenvalue weighted by Crippen LogP contribution is 2.28. The largest absolute Gasteiger partial charge is 0.497 e. The Bertz CT molecular complexity index is 493. The second kappa shape index (κ2) is 4.16. The third-order valence-electron chi connectivity index (χ3n) is 2.17. The molecular formula is C12H9NOS. The molecule has 0 atom stereocenters. The number of methoxy groups -OCH3 is 1. The van der Waals surface area contributed by atoms with Gasteiger partial charge in [-0.25, -0.2) is 0 Å². The van der Waals surface area contributed by atoms with Crippen molar-refractivity contribution in [3.63, 3.8) is 0 Å². The Morgan fingerprint density at radius 3 is 2.53 bits per heavy atom. The van der Waals surface area contributed by atoms with Gasteiger partial charge in [-0.1, -0.05) is 12.1 Å². The van der Waals surface area contributed by atoms with E-state index in [4.69, 9.17) is 10.00 Å². The normalized spacial score (nSPS) is 9.60. The monoisotopic (exact) mass is 215 g/mol. The lowest BCUT2D eigenvalue weighted by Crippen LogP contribution is -1.82. The van der Waals surface area contributed by atoms with Crippen molar-refractivity contribution in [1.82, 2.24) is 0 Å². The number of benzene rings is 1. The van der Waals surface area contributed by atoms with Gasteiger partial charge in [0.2, 0.25) is 0 Å². The molecular weight excluding hydrogens is 206 g/mol. The molecule has 0 spiro atoms. The van der Waals surface area contributed by atoms with Gasteiger partial charge in [0, 0.05) is 5.56 Å². The molecule has 0 saturated heterocycles. The van der Waals surface area contributed by atoms with Crippen LogP contribution in [0.4, 0.5) is 0 Å². The Labute approximate surface area is 92.4 Å². The molecule has 0 aliphatic rings. The number of rotatable bonds is 2. The van der Waals surface area contributed by atoms with Gasteiger partial charge in [-0.3, -0.25) is 0 Å². The molecule has 0 amide bonds. The molecule has 0 unspecified atom stereocenters. The van der Waals surface area contributed by atoms with Crippen molar-refractivity contribution < 1.29 is 4.74 Å². The Morgan fingerprint density at radius 1 is 1.20 bits per heavy atom. The predicted molar refractivity (Wildman–Crippen MR) is 61.0 cm³/mol. The molecule has 0 fully saturated rings. The minimum absolute atomic E-state index is 0.750. The molecule has 2 nitrogen and oxygen atoms in total. The number of hydrogen-bond donors (Lipinski definition) is 0. The fourth-order valence-electron chi connectivity index (χ4n) is 1.39. The molecule has 0 N–H and O–H groups in total. The fourth-order valence-corrected chi connectivity index (χ4v) is 2.10. The van der Waals surface area contributed by atoms with Crippen molar-refractivity contribution >= 4 is 11.3 Å². The molecule has 0 aliphatic heterocycles. The van der Waals surface area contributed by atoms with Gasteiger partial charge in [0.25, 0.3) is 0 Å². The highest BCUT2D eigenvalue weighted by Gasteiger charge is 2.05. The SMILES string of the molecule is COc1ccc(-c2ccsc2C#N)cc1. The summed E-state index contributed by atoms with van der Waals surface area (Å²) in [5.74, 6) is 0.826. The van der Waals surface area contributed by atoms with Crippen LogP contribution >= 0.6 is 11.3 Å². The second-order valence-corrected chi connectivity index (χ2v) is 3.92. The average molecular weight is 215 g/mol. The Kier molecular flexibility index (Phi) is 2.70. The third-order valence-corrected chi connectivity index (χ3v) is 2.99. The van der Waals surface area contributed by atoms with Gasteiger partial charge in [0.15, 0.2) is 0 Å². The molecule has 1 heterocycles. The topological polar surface area (TPSA) is 33.0 Å². The second-order valence-electron chi connectivity index (χ2n) is 3.00. The summed E-state index contributed by atoms with van der Waals surface area (Å²) >= 11 is 1.46. The molecule has 1 aromatic carbocycles. The first-order valence-electron chi connectivity index (χ1n) is 4.47. The summed E-state index contributed by atoms with van der Waals surface area (Å²) in [6.07, 6.45) is 0. The quantitative estimate of drug-likeness (QED) is 0.770. The number of thiophene rings is 1. The predicted octanol–water partition coefficient (Wildman–Crippen LogP) is 3.30. The minimum Gasteiger partial charge on any atom is -0.497 e. The van der Waals surface area contributed by atoms with Crippen LogP contribution in [0.15, 0.2) is 35.7 Å². The highest BCUT2D eigenvalue weighted by molar-refractivity contribution is 7.11.